The van der Waals surface area contributed by atoms with Crippen LogP contribution in [0.25, 0.3) is 10.9 Å². The zero-order valence-electron chi connectivity index (χ0n) is 15.5. The number of carbonyl (C=O) groups is 2. The van der Waals surface area contributed by atoms with Gasteiger partial charge in [-0.05, 0) is 50.2 Å². The molecule has 0 fully saturated rings. The molecule has 1 aromatic heterocycles. The van der Waals surface area contributed by atoms with Gasteiger partial charge >= 0.3 is 0 Å². The predicted molar refractivity (Wildman–Crippen MR) is 107 cm³/mol. The summed E-state index contributed by atoms with van der Waals surface area (Å²) in [6, 6.07) is 12.4. The Morgan fingerprint density at radius 1 is 1.00 bits per heavy atom. The molecule has 27 heavy (non-hydrogen) atoms. The summed E-state index contributed by atoms with van der Waals surface area (Å²) in [5, 5.41) is 5.94. The first-order valence-corrected chi connectivity index (χ1v) is 8.72. The second kappa shape index (κ2) is 7.45. The fraction of sp³-hybridized carbons (Fsp3) is 0.190. The first-order chi connectivity index (χ1) is 12.9. The van der Waals surface area contributed by atoms with Crippen molar-refractivity contribution in [1.29, 1.82) is 0 Å². The zero-order chi connectivity index (χ0) is 19.6. The Bertz CT molecular complexity index is 1080. The summed E-state index contributed by atoms with van der Waals surface area (Å²) in [5.74, 6) is -0.628. The van der Waals surface area contributed by atoms with E-state index in [2.05, 4.69) is 10.6 Å². The third-order valence-corrected chi connectivity index (χ3v) is 4.28. The minimum atomic E-state index is -0.460. The van der Waals surface area contributed by atoms with Gasteiger partial charge in [-0.2, -0.15) is 0 Å². The maximum Gasteiger partial charge on any atom is 0.261 e. The third-order valence-electron chi connectivity index (χ3n) is 4.28. The molecular formula is C21H21N3O3. The number of pyridine rings is 1. The number of anilines is 2. The number of fused-ring (bicyclic) bond motifs is 1. The van der Waals surface area contributed by atoms with Crippen molar-refractivity contribution in [3.05, 3.63) is 70.0 Å². The molecule has 0 aliphatic heterocycles. The molecule has 2 N–H and O–H groups in total. The smallest absolute Gasteiger partial charge is 0.261 e. The molecule has 6 heteroatoms. The lowest BCUT2D eigenvalue weighted by molar-refractivity contribution is -0.114. The van der Waals surface area contributed by atoms with E-state index in [-0.39, 0.29) is 16.9 Å². The Hall–Kier alpha value is -3.41. The van der Waals surface area contributed by atoms with Gasteiger partial charge in [0.1, 0.15) is 5.56 Å². The SMILES string of the molecule is CCn1cc(C(=O)Nc2ccc(NC(C)=O)cc2)c(=O)c2cc(C)ccc21. The average molecular weight is 363 g/mol. The van der Waals surface area contributed by atoms with Crippen LogP contribution in [0.15, 0.2) is 53.5 Å². The van der Waals surface area contributed by atoms with Crippen molar-refractivity contribution in [1.82, 2.24) is 4.57 Å². The number of nitrogens with one attached hydrogen (secondary N) is 2. The van der Waals surface area contributed by atoms with Crippen molar-refractivity contribution in [2.75, 3.05) is 10.6 Å². The number of hydrogen-bond acceptors (Lipinski definition) is 3. The van der Waals surface area contributed by atoms with Gasteiger partial charge in [0, 0.05) is 36.4 Å². The number of hydrogen-bond donors (Lipinski definition) is 2. The van der Waals surface area contributed by atoms with E-state index in [9.17, 15) is 14.4 Å². The molecule has 0 saturated heterocycles. The molecule has 0 unspecified atom stereocenters. The summed E-state index contributed by atoms with van der Waals surface area (Å²) in [4.78, 5) is 36.6. The van der Waals surface area contributed by atoms with Crippen molar-refractivity contribution in [3.63, 3.8) is 0 Å². The van der Waals surface area contributed by atoms with E-state index in [0.717, 1.165) is 11.1 Å². The Morgan fingerprint density at radius 3 is 2.22 bits per heavy atom. The van der Waals surface area contributed by atoms with Gasteiger partial charge in [0.25, 0.3) is 5.91 Å². The van der Waals surface area contributed by atoms with Crippen LogP contribution in [0, 0.1) is 6.92 Å². The number of benzene rings is 2. The molecule has 1 heterocycles. The topological polar surface area (TPSA) is 80.2 Å². The summed E-state index contributed by atoms with van der Waals surface area (Å²) in [5.41, 5.74) is 2.76. The molecule has 0 bridgehead atoms. The summed E-state index contributed by atoms with van der Waals surface area (Å²) in [6.45, 7) is 5.95. The van der Waals surface area contributed by atoms with Crippen molar-refractivity contribution in [2.24, 2.45) is 0 Å². The quantitative estimate of drug-likeness (QED) is 0.744. The summed E-state index contributed by atoms with van der Waals surface area (Å²) in [7, 11) is 0. The van der Waals surface area contributed by atoms with Gasteiger partial charge in [-0.1, -0.05) is 11.6 Å². The van der Waals surface area contributed by atoms with Crippen LogP contribution in [0.2, 0.25) is 0 Å². The van der Waals surface area contributed by atoms with E-state index >= 15 is 0 Å². The van der Waals surface area contributed by atoms with Gasteiger partial charge in [0.05, 0.1) is 5.52 Å². The average Bonchev–Trinajstić information content (AvgIpc) is 2.63. The minimum Gasteiger partial charge on any atom is -0.347 e. The summed E-state index contributed by atoms with van der Waals surface area (Å²) in [6.07, 6.45) is 1.60. The molecule has 3 aromatic rings. The first-order valence-electron chi connectivity index (χ1n) is 8.72. The van der Waals surface area contributed by atoms with Crippen molar-refractivity contribution in [3.8, 4) is 0 Å². The molecule has 2 aromatic carbocycles. The molecule has 6 nitrogen and oxygen atoms in total. The fourth-order valence-corrected chi connectivity index (χ4v) is 2.97. The van der Waals surface area contributed by atoms with Crippen LogP contribution in [-0.4, -0.2) is 16.4 Å². The number of aromatic nitrogens is 1. The van der Waals surface area contributed by atoms with Gasteiger partial charge in [-0.3, -0.25) is 14.4 Å². The van der Waals surface area contributed by atoms with Crippen LogP contribution in [0.3, 0.4) is 0 Å². The van der Waals surface area contributed by atoms with Crippen LogP contribution in [0.4, 0.5) is 11.4 Å². The molecule has 138 valence electrons. The highest BCUT2D eigenvalue weighted by Gasteiger charge is 2.15. The lowest BCUT2D eigenvalue weighted by atomic mass is 10.1. The first kappa shape index (κ1) is 18.4. The highest BCUT2D eigenvalue weighted by molar-refractivity contribution is 6.06. The van der Waals surface area contributed by atoms with Crippen LogP contribution in [-0.2, 0) is 11.3 Å². The van der Waals surface area contributed by atoms with Gasteiger partial charge in [0.15, 0.2) is 0 Å². The minimum absolute atomic E-state index is 0.0980. The van der Waals surface area contributed by atoms with Crippen LogP contribution in [0.5, 0.6) is 0 Å². The van der Waals surface area contributed by atoms with E-state index < -0.39 is 5.91 Å². The van der Waals surface area contributed by atoms with E-state index in [1.807, 2.05) is 36.6 Å². The number of amides is 2. The molecule has 3 rings (SSSR count). The standard InChI is InChI=1S/C21H21N3O3/c1-4-24-12-18(20(26)17-11-13(2)5-10-19(17)24)21(27)23-16-8-6-15(7-9-16)22-14(3)25/h5-12H,4H2,1-3H3,(H,22,25)(H,23,27). The van der Waals surface area contributed by atoms with E-state index in [0.29, 0.717) is 23.3 Å². The Balaban J connectivity index is 1.95. The molecule has 0 spiro atoms. The predicted octanol–water partition coefficient (Wildman–Crippen LogP) is 3.54. The van der Waals surface area contributed by atoms with Crippen molar-refractivity contribution in [2.45, 2.75) is 27.3 Å². The van der Waals surface area contributed by atoms with Gasteiger partial charge < -0.3 is 15.2 Å². The maximum absolute atomic E-state index is 12.8. The molecule has 0 atom stereocenters. The third kappa shape index (κ3) is 3.89. The molecule has 0 aliphatic carbocycles. The second-order valence-corrected chi connectivity index (χ2v) is 6.39. The number of nitrogens with zero attached hydrogens (tertiary/aromatic N) is 1. The van der Waals surface area contributed by atoms with Crippen LogP contribution < -0.4 is 16.1 Å². The highest BCUT2D eigenvalue weighted by atomic mass is 16.2. The normalized spacial score (nSPS) is 10.6. The molecular weight excluding hydrogens is 342 g/mol. The number of rotatable bonds is 4. The number of aryl methyl sites for hydroxylation is 2. The Morgan fingerprint density at radius 2 is 1.63 bits per heavy atom. The van der Waals surface area contributed by atoms with Crippen LogP contribution >= 0.6 is 0 Å². The van der Waals surface area contributed by atoms with E-state index in [1.54, 1.807) is 30.5 Å². The lowest BCUT2D eigenvalue weighted by Gasteiger charge is -2.12. The maximum atomic E-state index is 12.8. The molecule has 0 saturated carbocycles. The van der Waals surface area contributed by atoms with Gasteiger partial charge in [-0.25, -0.2) is 0 Å². The summed E-state index contributed by atoms with van der Waals surface area (Å²) >= 11 is 0. The molecule has 0 aliphatic rings. The monoisotopic (exact) mass is 363 g/mol. The second-order valence-electron chi connectivity index (χ2n) is 6.39. The zero-order valence-corrected chi connectivity index (χ0v) is 15.5. The van der Waals surface area contributed by atoms with Crippen molar-refractivity contribution < 1.29 is 9.59 Å². The summed E-state index contributed by atoms with van der Waals surface area (Å²) < 4.78 is 1.89. The Labute approximate surface area is 156 Å². The van der Waals surface area contributed by atoms with E-state index in [4.69, 9.17) is 0 Å². The molecule has 2 amide bonds. The van der Waals surface area contributed by atoms with E-state index in [1.165, 1.54) is 6.92 Å². The largest absolute Gasteiger partial charge is 0.347 e. The highest BCUT2D eigenvalue weighted by Crippen LogP contribution is 2.17. The number of carbonyl (C=O) groups excluding carboxylic acids is 2. The fourth-order valence-electron chi connectivity index (χ4n) is 2.97. The van der Waals surface area contributed by atoms with Gasteiger partial charge in [-0.15, -0.1) is 0 Å². The van der Waals surface area contributed by atoms with Gasteiger partial charge in [0.2, 0.25) is 11.3 Å². The molecule has 0 radical (unpaired) electrons. The Kier molecular flexibility index (Phi) is 5.07. The van der Waals surface area contributed by atoms with Crippen molar-refractivity contribution >= 4 is 34.1 Å². The lowest BCUT2D eigenvalue weighted by Crippen LogP contribution is -2.24. The van der Waals surface area contributed by atoms with Crippen LogP contribution in [0.1, 0.15) is 29.8 Å².